The molecule has 1 rings (SSSR count). The Balaban J connectivity index is 2.48. The molecule has 1 aromatic rings. The third kappa shape index (κ3) is 7.94. The Morgan fingerprint density at radius 3 is 2.52 bits per heavy atom. The lowest BCUT2D eigenvalue weighted by Gasteiger charge is -2.10. The van der Waals surface area contributed by atoms with Gasteiger partial charge < -0.3 is 19.7 Å². The monoisotopic (exact) mass is 314 g/mol. The SMILES string of the molecule is COC[C@H]([OH2+])COc1ccc(N=C([O-])CC[S+](C)C)cc1. The summed E-state index contributed by atoms with van der Waals surface area (Å²) < 4.78 is 10.3. The van der Waals surface area contributed by atoms with Crippen molar-refractivity contribution in [2.24, 2.45) is 4.99 Å². The number of methoxy groups -OCH3 is 1. The van der Waals surface area contributed by atoms with E-state index < -0.39 is 6.10 Å². The second-order valence-electron chi connectivity index (χ2n) is 4.90. The topological polar surface area (TPSA) is 76.8 Å². The zero-order chi connectivity index (χ0) is 15.7. The van der Waals surface area contributed by atoms with Gasteiger partial charge in [-0.2, -0.15) is 0 Å². The van der Waals surface area contributed by atoms with Crippen LogP contribution in [0.5, 0.6) is 5.75 Å². The van der Waals surface area contributed by atoms with Crippen molar-refractivity contribution in [3.63, 3.8) is 0 Å². The molecule has 0 unspecified atom stereocenters. The van der Waals surface area contributed by atoms with Gasteiger partial charge in [0.2, 0.25) is 6.10 Å². The normalized spacial score (nSPS) is 13.5. The molecule has 0 aliphatic rings. The molecule has 1 aromatic carbocycles. The van der Waals surface area contributed by atoms with Crippen LogP contribution in [0.4, 0.5) is 5.69 Å². The number of hydrogen-bond donors (Lipinski definition) is 0. The van der Waals surface area contributed by atoms with Gasteiger partial charge in [0, 0.05) is 13.5 Å². The van der Waals surface area contributed by atoms with Crippen molar-refractivity contribution < 1.29 is 19.7 Å². The van der Waals surface area contributed by atoms with Gasteiger partial charge >= 0.3 is 0 Å². The Kier molecular flexibility index (Phi) is 8.19. The highest BCUT2D eigenvalue weighted by molar-refractivity contribution is 7.95. The maximum absolute atomic E-state index is 11.7. The third-order valence-electron chi connectivity index (χ3n) is 2.63. The molecule has 0 amide bonds. The highest BCUT2D eigenvalue weighted by Crippen LogP contribution is 2.18. The summed E-state index contributed by atoms with van der Waals surface area (Å²) in [7, 11) is 1.83. The van der Waals surface area contributed by atoms with Gasteiger partial charge in [-0.3, -0.25) is 4.99 Å². The van der Waals surface area contributed by atoms with Crippen LogP contribution < -0.4 is 9.84 Å². The fraction of sp³-hybridized carbons (Fsp3) is 0.533. The van der Waals surface area contributed by atoms with E-state index in [2.05, 4.69) is 17.5 Å². The van der Waals surface area contributed by atoms with E-state index in [0.717, 1.165) is 5.75 Å². The highest BCUT2D eigenvalue weighted by atomic mass is 32.2. The summed E-state index contributed by atoms with van der Waals surface area (Å²) in [6, 6.07) is 7.02. The predicted octanol–water partition coefficient (Wildman–Crippen LogP) is 0.463. The van der Waals surface area contributed by atoms with E-state index in [1.54, 1.807) is 31.4 Å². The second-order valence-corrected chi connectivity index (χ2v) is 7.28. The van der Waals surface area contributed by atoms with Gasteiger partial charge in [-0.1, -0.05) is 0 Å². The lowest BCUT2D eigenvalue weighted by Crippen LogP contribution is -2.22. The number of nitrogens with zero attached hydrogens (tertiary/aromatic N) is 1. The average molecular weight is 314 g/mol. The van der Waals surface area contributed by atoms with Gasteiger partial charge in [0.05, 0.1) is 18.2 Å². The summed E-state index contributed by atoms with van der Waals surface area (Å²) in [6.45, 7) is 0.622. The van der Waals surface area contributed by atoms with Crippen molar-refractivity contribution in [2.75, 3.05) is 38.6 Å². The first kappa shape index (κ1) is 17.8. The molecule has 0 fully saturated rings. The first-order valence-electron chi connectivity index (χ1n) is 6.73. The molecule has 5 nitrogen and oxygen atoms in total. The van der Waals surface area contributed by atoms with Crippen LogP contribution in [0.15, 0.2) is 29.3 Å². The first-order valence-corrected chi connectivity index (χ1v) is 8.94. The highest BCUT2D eigenvalue weighted by Gasteiger charge is 2.08. The Morgan fingerprint density at radius 2 is 1.95 bits per heavy atom. The smallest absolute Gasteiger partial charge is 0.212 e. The summed E-state index contributed by atoms with van der Waals surface area (Å²) in [4.78, 5) is 4.05. The average Bonchev–Trinajstić information content (AvgIpc) is 2.45. The van der Waals surface area contributed by atoms with Crippen molar-refractivity contribution in [3.05, 3.63) is 24.3 Å². The molecule has 21 heavy (non-hydrogen) atoms. The lowest BCUT2D eigenvalue weighted by molar-refractivity contribution is -0.217. The number of aliphatic imine (C=N–C) groups is 1. The molecule has 0 aliphatic carbocycles. The van der Waals surface area contributed by atoms with Crippen LogP contribution in [-0.4, -0.2) is 55.7 Å². The fourth-order valence-corrected chi connectivity index (χ4v) is 2.14. The van der Waals surface area contributed by atoms with Gasteiger partial charge in [0.25, 0.3) is 0 Å². The van der Waals surface area contributed by atoms with Crippen LogP contribution in [0.3, 0.4) is 0 Å². The minimum Gasteiger partial charge on any atom is -0.862 e. The van der Waals surface area contributed by atoms with Crippen LogP contribution in [0.2, 0.25) is 0 Å². The Morgan fingerprint density at radius 1 is 1.29 bits per heavy atom. The zero-order valence-electron chi connectivity index (χ0n) is 12.8. The molecule has 0 saturated carbocycles. The molecule has 0 spiro atoms. The summed E-state index contributed by atoms with van der Waals surface area (Å²) in [5.41, 5.74) is 0.638. The molecular formula is C15H24NO4S+. The first-order chi connectivity index (χ1) is 10.0. The lowest BCUT2D eigenvalue weighted by atomic mass is 10.3. The summed E-state index contributed by atoms with van der Waals surface area (Å²) in [6.07, 6.45) is 4.31. The molecule has 0 aliphatic heterocycles. The van der Waals surface area contributed by atoms with Crippen molar-refractivity contribution in [1.29, 1.82) is 0 Å². The van der Waals surface area contributed by atoms with Crippen molar-refractivity contribution in [1.82, 2.24) is 0 Å². The summed E-state index contributed by atoms with van der Waals surface area (Å²) >= 11 is 0. The van der Waals surface area contributed by atoms with Crippen molar-refractivity contribution in [3.8, 4) is 5.75 Å². The van der Waals surface area contributed by atoms with Crippen LogP contribution in [0, 0.1) is 0 Å². The predicted molar refractivity (Wildman–Crippen MR) is 87.0 cm³/mol. The minimum atomic E-state index is -0.405. The van der Waals surface area contributed by atoms with E-state index in [9.17, 15) is 5.11 Å². The molecule has 0 aromatic heterocycles. The van der Waals surface area contributed by atoms with E-state index in [-0.39, 0.29) is 23.4 Å². The number of hydrogen-bond acceptors (Lipinski definition) is 4. The summed E-state index contributed by atoms with van der Waals surface area (Å²) in [5, 5.41) is 19.3. The molecule has 0 bridgehead atoms. The van der Waals surface area contributed by atoms with E-state index in [1.807, 2.05) is 0 Å². The maximum Gasteiger partial charge on any atom is 0.212 e. The zero-order valence-corrected chi connectivity index (χ0v) is 13.6. The molecule has 1 atom stereocenters. The standard InChI is InChI=1S/C15H23NO4S/c1-19-10-13(17)11-20-14-6-4-12(5-7-14)16-15(18)8-9-21(2)3/h4-7,13,17H,8-11H2,1-3H3/p+1/t13-/m0/s1. The molecule has 6 heteroatoms. The van der Waals surface area contributed by atoms with Gasteiger partial charge in [-0.25, -0.2) is 0 Å². The quantitative estimate of drug-likeness (QED) is 0.377. The van der Waals surface area contributed by atoms with Crippen LogP contribution >= 0.6 is 0 Å². The van der Waals surface area contributed by atoms with E-state index in [1.165, 1.54) is 0 Å². The third-order valence-corrected chi connectivity index (χ3v) is 3.65. The van der Waals surface area contributed by atoms with Crippen LogP contribution in [0.1, 0.15) is 6.42 Å². The van der Waals surface area contributed by atoms with E-state index in [4.69, 9.17) is 14.6 Å². The van der Waals surface area contributed by atoms with Crippen LogP contribution in [-0.2, 0) is 15.6 Å². The number of ether oxygens (including phenoxy) is 2. The Labute approximate surface area is 129 Å². The van der Waals surface area contributed by atoms with Gasteiger partial charge in [0.1, 0.15) is 18.1 Å². The minimum absolute atomic E-state index is 0.0869. The summed E-state index contributed by atoms with van der Waals surface area (Å²) in [5.74, 6) is 1.46. The largest absolute Gasteiger partial charge is 0.862 e. The maximum atomic E-state index is 11.7. The molecule has 2 N–H and O–H groups in total. The van der Waals surface area contributed by atoms with Gasteiger partial charge in [0.15, 0.2) is 6.61 Å². The molecular weight excluding hydrogens is 290 g/mol. The van der Waals surface area contributed by atoms with Crippen molar-refractivity contribution in [2.45, 2.75) is 12.5 Å². The molecule has 118 valence electrons. The molecule has 0 heterocycles. The Hall–Kier alpha value is -1.24. The fourth-order valence-electron chi connectivity index (χ4n) is 1.55. The number of rotatable bonds is 9. The molecule has 0 saturated heterocycles. The number of benzene rings is 1. The van der Waals surface area contributed by atoms with Crippen molar-refractivity contribution >= 4 is 22.5 Å². The Bertz CT molecular complexity index is 434. The second kappa shape index (κ2) is 9.65. The van der Waals surface area contributed by atoms with E-state index in [0.29, 0.717) is 24.5 Å². The van der Waals surface area contributed by atoms with E-state index >= 15 is 0 Å². The van der Waals surface area contributed by atoms with Gasteiger partial charge in [-0.15, -0.1) is 0 Å². The van der Waals surface area contributed by atoms with Crippen LogP contribution in [0.25, 0.3) is 0 Å². The van der Waals surface area contributed by atoms with Gasteiger partial charge in [-0.05, 0) is 41.1 Å². The molecule has 0 radical (unpaired) electrons.